The number of nitrogen functional groups attached to an aromatic ring is 1. The summed E-state index contributed by atoms with van der Waals surface area (Å²) in [4.78, 5) is 30.2. The molecule has 0 aliphatic carbocycles. The number of nitrogens with two attached hydrogens (primary N) is 1. The molecule has 1 saturated heterocycles. The van der Waals surface area contributed by atoms with E-state index in [2.05, 4.69) is 26.8 Å². The van der Waals surface area contributed by atoms with E-state index < -0.39 is 25.2 Å². The minimum atomic E-state index is -3.78. The van der Waals surface area contributed by atoms with Gasteiger partial charge in [0.2, 0.25) is 0 Å². The number of rotatable bonds is 4. The first-order chi connectivity index (χ1) is 10.3. The summed E-state index contributed by atoms with van der Waals surface area (Å²) in [6.07, 6.45) is 0.974. The average molecular weight is 350 g/mol. The van der Waals surface area contributed by atoms with Gasteiger partial charge < -0.3 is 29.9 Å². The van der Waals surface area contributed by atoms with Crippen molar-refractivity contribution in [3.05, 3.63) is 12.7 Å². The third-order valence-corrected chi connectivity index (χ3v) is 4.11. The lowest BCUT2D eigenvalue weighted by Crippen LogP contribution is -2.25. The fourth-order valence-electron chi connectivity index (χ4n) is 2.29. The zero-order chi connectivity index (χ0) is 15.9. The highest BCUT2D eigenvalue weighted by atomic mass is 35.1. The Balaban J connectivity index is 1.78. The smallest absolute Gasteiger partial charge is 0.321 e. The SMILES string of the molecule is Nc1ncnc2c1ncn2[C@H]1C[C@H](O)[C@@H](COP(O)(O)=[35S])O1. The van der Waals surface area contributed by atoms with E-state index in [-0.39, 0.29) is 18.8 Å². The molecule has 5 N–H and O–H groups in total. The third kappa shape index (κ3) is 3.10. The molecule has 3 atom stereocenters. The predicted molar refractivity (Wildman–Crippen MR) is 78.9 cm³/mol. The molecular weight excluding hydrogens is 336 g/mol. The molecule has 120 valence electrons. The number of fused-ring (bicyclic) bond motifs is 1. The summed E-state index contributed by atoms with van der Waals surface area (Å²) in [7, 11) is 0. The van der Waals surface area contributed by atoms with Crippen molar-refractivity contribution in [3.8, 4) is 0 Å². The number of aromatic nitrogens is 4. The zero-order valence-electron chi connectivity index (χ0n) is 11.2. The second-order valence-electron chi connectivity index (χ2n) is 4.80. The Hall–Kier alpha value is -1.20. The number of imidazole rings is 1. The molecule has 2 aromatic rings. The number of nitrogens with zero attached hydrogens (tertiary/aromatic N) is 4. The average Bonchev–Trinajstić information content (AvgIpc) is 3.00. The van der Waals surface area contributed by atoms with Crippen molar-refractivity contribution in [1.82, 2.24) is 19.5 Å². The normalized spacial score (nSPS) is 25.9. The summed E-state index contributed by atoms with van der Waals surface area (Å²) in [5.74, 6) is 0.253. The summed E-state index contributed by atoms with van der Waals surface area (Å²) in [6, 6.07) is 0. The van der Waals surface area contributed by atoms with E-state index in [4.69, 9.17) is 24.8 Å². The van der Waals surface area contributed by atoms with Gasteiger partial charge in [0.05, 0.1) is 19.0 Å². The monoisotopic (exact) mass is 350 g/mol. The molecule has 0 aromatic carbocycles. The topological polar surface area (TPSA) is 149 Å². The van der Waals surface area contributed by atoms with E-state index in [1.54, 1.807) is 4.57 Å². The van der Waals surface area contributed by atoms with E-state index in [0.717, 1.165) is 0 Å². The van der Waals surface area contributed by atoms with Crippen molar-refractivity contribution < 1.29 is 24.2 Å². The molecule has 12 heteroatoms. The van der Waals surface area contributed by atoms with Crippen LogP contribution in [0, 0.1) is 0 Å². The summed E-state index contributed by atoms with van der Waals surface area (Å²) in [5, 5.41) is 10.0. The van der Waals surface area contributed by atoms with E-state index in [0.29, 0.717) is 11.2 Å². The lowest BCUT2D eigenvalue weighted by Gasteiger charge is -2.17. The number of ether oxygens (including phenoxy) is 1. The van der Waals surface area contributed by atoms with E-state index in [1.165, 1.54) is 12.7 Å². The molecule has 0 amide bonds. The van der Waals surface area contributed by atoms with Crippen LogP contribution in [0.2, 0.25) is 0 Å². The lowest BCUT2D eigenvalue weighted by atomic mass is 10.2. The van der Waals surface area contributed by atoms with Crippen molar-refractivity contribution in [2.45, 2.75) is 24.9 Å². The first-order valence-corrected chi connectivity index (χ1v) is 8.94. The van der Waals surface area contributed by atoms with Crippen LogP contribution < -0.4 is 5.73 Å². The highest BCUT2D eigenvalue weighted by molar-refractivity contribution is 8.06. The Morgan fingerprint density at radius 3 is 2.95 bits per heavy atom. The van der Waals surface area contributed by atoms with Crippen LogP contribution in [-0.4, -0.2) is 53.2 Å². The van der Waals surface area contributed by atoms with Gasteiger partial charge in [-0.2, -0.15) is 0 Å². The third-order valence-electron chi connectivity index (χ3n) is 3.31. The zero-order valence-corrected chi connectivity index (χ0v) is 12.9. The highest BCUT2D eigenvalue weighted by Crippen LogP contribution is 2.39. The standard InChI is InChI=1S/C10H14N5O5PS/c11-9-8-10(13-3-12-9)15(4-14-8)7-1-5(16)6(20-7)2-19-21(17,18)22/h3-7,16H,1-2H2,(H2,11,12,13)(H2,17,18,22)/t5-,6+,7+/m0/s1/i22+3. The second kappa shape index (κ2) is 5.78. The molecule has 0 spiro atoms. The summed E-state index contributed by atoms with van der Waals surface area (Å²) < 4.78 is 12.0. The molecule has 0 unspecified atom stereocenters. The number of anilines is 1. The first kappa shape index (κ1) is 15.7. The minimum absolute atomic E-state index is 0.217. The maximum absolute atomic E-state index is 10.0. The van der Waals surface area contributed by atoms with Gasteiger partial charge in [0.15, 0.2) is 11.5 Å². The van der Waals surface area contributed by atoms with Gasteiger partial charge in [-0.05, 0) is 11.8 Å². The molecule has 1 aliphatic rings. The van der Waals surface area contributed by atoms with E-state index in [1.807, 2.05) is 0 Å². The fraction of sp³-hybridized carbons (Fsp3) is 0.500. The van der Waals surface area contributed by atoms with Crippen LogP contribution in [0.4, 0.5) is 5.82 Å². The molecule has 0 saturated carbocycles. The van der Waals surface area contributed by atoms with Gasteiger partial charge in [0, 0.05) is 6.42 Å². The van der Waals surface area contributed by atoms with Crippen LogP contribution >= 0.6 is 6.72 Å². The van der Waals surface area contributed by atoms with Crippen LogP contribution in [0.3, 0.4) is 0 Å². The Labute approximate surface area is 129 Å². The number of aliphatic hydroxyl groups is 1. The minimum Gasteiger partial charge on any atom is -0.390 e. The van der Waals surface area contributed by atoms with Crippen LogP contribution in [0.25, 0.3) is 11.2 Å². The van der Waals surface area contributed by atoms with Gasteiger partial charge in [-0.25, -0.2) is 15.0 Å². The van der Waals surface area contributed by atoms with E-state index >= 15 is 0 Å². The van der Waals surface area contributed by atoms with Gasteiger partial charge in [0.1, 0.15) is 24.2 Å². The molecule has 2 aromatic heterocycles. The molecule has 3 rings (SSSR count). The van der Waals surface area contributed by atoms with Crippen LogP contribution in [0.1, 0.15) is 12.6 Å². The first-order valence-electron chi connectivity index (χ1n) is 6.32. The molecule has 0 bridgehead atoms. The molecular formula is C10H14N5O5PS. The van der Waals surface area contributed by atoms with Gasteiger partial charge in [0.25, 0.3) is 0 Å². The number of hydrogen-bond donors (Lipinski definition) is 4. The fourth-order valence-corrected chi connectivity index (χ4v) is 2.81. The molecule has 3 heterocycles. The quantitative estimate of drug-likeness (QED) is 0.521. The second-order valence-corrected chi connectivity index (χ2v) is 7.47. The van der Waals surface area contributed by atoms with Crippen molar-refractivity contribution in [2.24, 2.45) is 0 Å². The van der Waals surface area contributed by atoms with Gasteiger partial charge in [-0.3, -0.25) is 4.57 Å². The molecule has 1 aliphatic heterocycles. The van der Waals surface area contributed by atoms with Crippen LogP contribution in [0.15, 0.2) is 12.7 Å². The van der Waals surface area contributed by atoms with Crippen molar-refractivity contribution in [1.29, 1.82) is 0 Å². The van der Waals surface area contributed by atoms with Gasteiger partial charge >= 0.3 is 6.72 Å². The Morgan fingerprint density at radius 2 is 2.23 bits per heavy atom. The van der Waals surface area contributed by atoms with Crippen LogP contribution in [0.5, 0.6) is 0 Å². The maximum Gasteiger partial charge on any atom is 0.321 e. The summed E-state index contributed by atoms with van der Waals surface area (Å²) in [6.45, 7) is -4.00. The Kier molecular flexibility index (Phi) is 4.12. The van der Waals surface area contributed by atoms with Crippen molar-refractivity contribution in [3.63, 3.8) is 0 Å². The van der Waals surface area contributed by atoms with E-state index in [9.17, 15) is 5.11 Å². The largest absolute Gasteiger partial charge is 0.390 e. The van der Waals surface area contributed by atoms with Crippen molar-refractivity contribution in [2.75, 3.05) is 12.3 Å². The van der Waals surface area contributed by atoms with Crippen LogP contribution in [-0.2, 0) is 21.1 Å². The maximum atomic E-state index is 10.0. The number of hydrogen-bond acceptors (Lipinski definition) is 8. The highest BCUT2D eigenvalue weighted by Gasteiger charge is 2.36. The Morgan fingerprint density at radius 1 is 1.45 bits per heavy atom. The molecule has 22 heavy (non-hydrogen) atoms. The van der Waals surface area contributed by atoms with Gasteiger partial charge in [-0.15, -0.1) is 0 Å². The summed E-state index contributed by atoms with van der Waals surface area (Å²) >= 11 is 4.36. The van der Waals surface area contributed by atoms with Crippen molar-refractivity contribution >= 4 is 35.5 Å². The number of aliphatic hydroxyl groups excluding tert-OH is 1. The molecule has 0 radical (unpaired) electrons. The van der Waals surface area contributed by atoms with Gasteiger partial charge in [-0.1, -0.05) is 0 Å². The lowest BCUT2D eigenvalue weighted by molar-refractivity contribution is -0.0399. The molecule has 1 fully saturated rings. The Bertz CT molecular complexity index is 736. The summed E-state index contributed by atoms with van der Waals surface area (Å²) in [5.41, 5.74) is 6.65. The molecule has 10 nitrogen and oxygen atoms in total. The predicted octanol–water partition coefficient (Wildman–Crippen LogP) is -0.717.